The van der Waals surface area contributed by atoms with Crippen LogP contribution in [0.25, 0.3) is 0 Å². The van der Waals surface area contributed by atoms with Gasteiger partial charge >= 0.3 is 5.97 Å². The molecule has 1 heterocycles. The van der Waals surface area contributed by atoms with Gasteiger partial charge in [-0.15, -0.1) is 11.3 Å². The van der Waals surface area contributed by atoms with Gasteiger partial charge in [-0.2, -0.15) is 0 Å². The number of esters is 1. The average Bonchev–Trinajstić information content (AvgIpc) is 3.06. The van der Waals surface area contributed by atoms with Crippen molar-refractivity contribution < 1.29 is 23.1 Å². The van der Waals surface area contributed by atoms with Crippen LogP contribution >= 0.6 is 22.9 Å². The third-order valence-electron chi connectivity index (χ3n) is 4.45. The van der Waals surface area contributed by atoms with Crippen molar-refractivity contribution in [3.05, 3.63) is 16.5 Å². The molecule has 0 saturated heterocycles. The lowest BCUT2D eigenvalue weighted by molar-refractivity contribution is -0.142. The molecular weight excluding hydrogens is 400 g/mol. The summed E-state index contributed by atoms with van der Waals surface area (Å²) in [5, 5.41) is 13.5. The maximum atomic E-state index is 12.2. The summed E-state index contributed by atoms with van der Waals surface area (Å²) in [4.78, 5) is 11.4. The summed E-state index contributed by atoms with van der Waals surface area (Å²) in [5.41, 5.74) is 0. The fraction of sp³-hybridized carbons (Fsp3) is 0.688. The van der Waals surface area contributed by atoms with Crippen molar-refractivity contribution in [1.29, 1.82) is 0 Å². The zero-order valence-corrected chi connectivity index (χ0v) is 17.0. The van der Waals surface area contributed by atoms with Crippen molar-refractivity contribution in [3.8, 4) is 0 Å². The van der Waals surface area contributed by atoms with Gasteiger partial charge in [0.2, 0.25) is 10.0 Å². The molecule has 0 radical (unpaired) electrons. The molecule has 0 amide bonds. The number of rotatable bonds is 9. The van der Waals surface area contributed by atoms with Crippen LogP contribution in [0.1, 0.15) is 32.6 Å². The molecule has 1 atom stereocenters. The van der Waals surface area contributed by atoms with E-state index in [1.165, 1.54) is 12.1 Å². The molecule has 1 aromatic rings. The van der Waals surface area contributed by atoms with Gasteiger partial charge in [-0.25, -0.2) is 13.1 Å². The van der Waals surface area contributed by atoms with E-state index < -0.39 is 16.1 Å². The van der Waals surface area contributed by atoms with E-state index in [9.17, 15) is 18.3 Å². The number of hydrogen-bond donors (Lipinski definition) is 3. The van der Waals surface area contributed by atoms with Gasteiger partial charge < -0.3 is 15.2 Å². The first kappa shape index (κ1) is 21.6. The molecule has 3 N–H and O–H groups in total. The molecule has 0 aliphatic heterocycles. The monoisotopic (exact) mass is 424 g/mol. The fourth-order valence-electron chi connectivity index (χ4n) is 3.02. The van der Waals surface area contributed by atoms with Crippen LogP contribution in [-0.4, -0.2) is 51.3 Å². The zero-order chi connectivity index (χ0) is 19.2. The first-order valence-electron chi connectivity index (χ1n) is 8.64. The molecule has 1 aromatic heterocycles. The van der Waals surface area contributed by atoms with Crippen LogP contribution in [0.4, 0.5) is 0 Å². The minimum Gasteiger partial charge on any atom is -0.465 e. The summed E-state index contributed by atoms with van der Waals surface area (Å²) in [5.74, 6) is -0.233. The van der Waals surface area contributed by atoms with Crippen LogP contribution in [0.5, 0.6) is 0 Å². The molecule has 0 spiro atoms. The second-order valence-corrected chi connectivity index (χ2v) is 9.98. The van der Waals surface area contributed by atoms with Crippen molar-refractivity contribution in [3.63, 3.8) is 0 Å². The van der Waals surface area contributed by atoms with Crippen molar-refractivity contribution in [2.24, 2.45) is 5.92 Å². The third kappa shape index (κ3) is 6.47. The van der Waals surface area contributed by atoms with Gasteiger partial charge in [-0.05, 0) is 50.7 Å². The van der Waals surface area contributed by atoms with E-state index in [4.69, 9.17) is 16.3 Å². The minimum absolute atomic E-state index is 0.0244. The highest BCUT2D eigenvalue weighted by Gasteiger charge is 2.28. The van der Waals surface area contributed by atoms with Gasteiger partial charge in [0.15, 0.2) is 0 Å². The van der Waals surface area contributed by atoms with Crippen molar-refractivity contribution in [2.45, 2.75) is 49.0 Å². The Bertz CT molecular complexity index is 687. The third-order valence-corrected chi connectivity index (χ3v) is 7.60. The molecule has 1 aliphatic rings. The lowest BCUT2D eigenvalue weighted by Gasteiger charge is -2.31. The van der Waals surface area contributed by atoms with E-state index >= 15 is 0 Å². The topological polar surface area (TPSA) is 105 Å². The molecule has 10 heteroatoms. The zero-order valence-electron chi connectivity index (χ0n) is 14.6. The highest BCUT2D eigenvalue weighted by molar-refractivity contribution is 7.91. The van der Waals surface area contributed by atoms with Gasteiger partial charge in [0.1, 0.15) is 4.21 Å². The van der Waals surface area contributed by atoms with E-state index in [1.54, 1.807) is 6.92 Å². The van der Waals surface area contributed by atoms with Gasteiger partial charge in [0.25, 0.3) is 0 Å². The summed E-state index contributed by atoms with van der Waals surface area (Å²) < 4.78 is 32.2. The molecular formula is C16H25ClN2O5S2. The number of hydrogen-bond acceptors (Lipinski definition) is 7. The normalized spacial score (nSPS) is 22.1. The first-order valence-corrected chi connectivity index (χ1v) is 11.3. The van der Waals surface area contributed by atoms with Gasteiger partial charge in [-0.1, -0.05) is 11.6 Å². The molecule has 1 saturated carbocycles. The van der Waals surface area contributed by atoms with Crippen LogP contribution in [0.3, 0.4) is 0 Å². The molecule has 0 bridgehead atoms. The lowest BCUT2D eigenvalue weighted by Crippen LogP contribution is -2.41. The highest BCUT2D eigenvalue weighted by atomic mass is 35.5. The largest absolute Gasteiger partial charge is 0.465 e. The van der Waals surface area contributed by atoms with Crippen LogP contribution in [0.2, 0.25) is 4.34 Å². The number of thiophene rings is 1. The summed E-state index contributed by atoms with van der Waals surface area (Å²) >= 11 is 6.75. The second-order valence-electron chi connectivity index (χ2n) is 6.28. The van der Waals surface area contributed by atoms with Crippen molar-refractivity contribution >= 4 is 38.9 Å². The molecule has 148 valence electrons. The molecule has 2 rings (SSSR count). The van der Waals surface area contributed by atoms with E-state index in [0.717, 1.165) is 37.0 Å². The van der Waals surface area contributed by atoms with Crippen molar-refractivity contribution in [1.82, 2.24) is 10.0 Å². The Morgan fingerprint density at radius 3 is 2.65 bits per heavy atom. The number of halogens is 1. The van der Waals surface area contributed by atoms with Crippen LogP contribution in [-0.2, 0) is 19.6 Å². The minimum atomic E-state index is -3.65. The number of carbonyl (C=O) groups excluding carboxylic acids is 1. The number of aliphatic hydroxyl groups excluding tert-OH is 1. The summed E-state index contributed by atoms with van der Waals surface area (Å²) in [6.07, 6.45) is 2.46. The summed E-state index contributed by atoms with van der Waals surface area (Å²) in [6, 6.07) is 3.19. The SMILES string of the molecule is CCOC(=O)CNC1CCC([C@@H](O)CNS(=O)(=O)c2ccc(Cl)s2)CC1. The first-order chi connectivity index (χ1) is 12.3. The van der Waals surface area contributed by atoms with E-state index in [0.29, 0.717) is 10.9 Å². The van der Waals surface area contributed by atoms with Gasteiger partial charge in [0.05, 0.1) is 23.6 Å². The molecule has 26 heavy (non-hydrogen) atoms. The second kappa shape index (κ2) is 10.0. The smallest absolute Gasteiger partial charge is 0.319 e. The highest BCUT2D eigenvalue weighted by Crippen LogP contribution is 2.28. The molecule has 0 aromatic carbocycles. The number of sulfonamides is 1. The van der Waals surface area contributed by atoms with Crippen molar-refractivity contribution in [2.75, 3.05) is 19.7 Å². The maximum absolute atomic E-state index is 12.2. The number of ether oxygens (including phenoxy) is 1. The summed E-state index contributed by atoms with van der Waals surface area (Å²) in [6.45, 7) is 2.30. The summed E-state index contributed by atoms with van der Waals surface area (Å²) in [7, 11) is -3.65. The Kier molecular flexibility index (Phi) is 8.31. The number of carbonyl (C=O) groups is 1. The average molecular weight is 425 g/mol. The Morgan fingerprint density at radius 2 is 2.08 bits per heavy atom. The Balaban J connectivity index is 1.73. The lowest BCUT2D eigenvalue weighted by atomic mass is 9.82. The predicted octanol–water partition coefficient (Wildman–Crippen LogP) is 1.75. The van der Waals surface area contributed by atoms with Gasteiger partial charge in [-0.3, -0.25) is 4.79 Å². The van der Waals surface area contributed by atoms with Crippen LogP contribution in [0.15, 0.2) is 16.3 Å². The Hall–Kier alpha value is -0.710. The quantitative estimate of drug-likeness (QED) is 0.521. The van der Waals surface area contributed by atoms with Gasteiger partial charge in [0, 0.05) is 12.6 Å². The molecule has 1 aliphatic carbocycles. The molecule has 1 fully saturated rings. The fourth-order valence-corrected chi connectivity index (χ4v) is 5.60. The number of aliphatic hydroxyl groups is 1. The maximum Gasteiger partial charge on any atom is 0.319 e. The van der Waals surface area contributed by atoms with E-state index in [-0.39, 0.29) is 35.2 Å². The standard InChI is InChI=1S/C16H25ClN2O5S2/c1-2-24-15(21)10-18-12-5-3-11(4-6-12)13(20)9-19-26(22,23)16-8-7-14(17)25-16/h7-8,11-13,18-20H,2-6,9-10H2,1H3/t11?,12?,13-/m0/s1. The number of nitrogens with one attached hydrogen (secondary N) is 2. The van der Waals surface area contributed by atoms with E-state index in [1.807, 2.05) is 0 Å². The molecule has 0 unspecified atom stereocenters. The Morgan fingerprint density at radius 1 is 1.38 bits per heavy atom. The van der Waals surface area contributed by atoms with E-state index in [2.05, 4.69) is 10.0 Å². The Labute approximate surface area is 163 Å². The molecule has 7 nitrogen and oxygen atoms in total. The van der Waals surface area contributed by atoms with Crippen LogP contribution < -0.4 is 10.0 Å². The van der Waals surface area contributed by atoms with Crippen LogP contribution in [0, 0.1) is 5.92 Å². The predicted molar refractivity (Wildman–Crippen MR) is 101 cm³/mol.